The highest BCUT2D eigenvalue weighted by atomic mass is 32.1. The van der Waals surface area contributed by atoms with E-state index in [1.165, 1.54) is 11.3 Å². The summed E-state index contributed by atoms with van der Waals surface area (Å²) in [6.07, 6.45) is 0. The third-order valence-corrected chi connectivity index (χ3v) is 4.08. The van der Waals surface area contributed by atoms with Crippen LogP contribution in [0, 0.1) is 0 Å². The third kappa shape index (κ3) is 2.23. The van der Waals surface area contributed by atoms with Crippen LogP contribution in [0.25, 0.3) is 10.2 Å². The number of rotatable bonds is 2. The van der Waals surface area contributed by atoms with Gasteiger partial charge in [0.15, 0.2) is 0 Å². The van der Waals surface area contributed by atoms with E-state index >= 15 is 0 Å². The van der Waals surface area contributed by atoms with E-state index in [1.54, 1.807) is 29.8 Å². The molecular formula is C15H12N2O2S. The lowest BCUT2D eigenvalue weighted by molar-refractivity contribution is 0.102. The van der Waals surface area contributed by atoms with Gasteiger partial charge in [0.2, 0.25) is 0 Å². The fourth-order valence-electron chi connectivity index (χ4n) is 2.00. The number of hydrogen-bond donors (Lipinski definition) is 1. The van der Waals surface area contributed by atoms with Crippen molar-refractivity contribution in [2.75, 3.05) is 5.32 Å². The van der Waals surface area contributed by atoms with Gasteiger partial charge in [0.1, 0.15) is 0 Å². The number of nitrogens with one attached hydrogen (secondary N) is 1. The molecule has 0 saturated heterocycles. The zero-order valence-electron chi connectivity index (χ0n) is 10.8. The maximum Gasteiger partial charge on any atom is 0.307 e. The van der Waals surface area contributed by atoms with E-state index in [-0.39, 0.29) is 10.8 Å². The summed E-state index contributed by atoms with van der Waals surface area (Å²) in [7, 11) is 1.74. The Hall–Kier alpha value is -2.40. The van der Waals surface area contributed by atoms with Gasteiger partial charge in [-0.2, -0.15) is 0 Å². The van der Waals surface area contributed by atoms with Crippen molar-refractivity contribution in [3.8, 4) is 0 Å². The molecule has 0 radical (unpaired) electrons. The van der Waals surface area contributed by atoms with Crippen LogP contribution in [0.2, 0.25) is 0 Å². The Morgan fingerprint density at radius 3 is 2.65 bits per heavy atom. The van der Waals surface area contributed by atoms with E-state index in [2.05, 4.69) is 5.32 Å². The number of hydrogen-bond acceptors (Lipinski definition) is 3. The van der Waals surface area contributed by atoms with Gasteiger partial charge in [0.05, 0.1) is 10.2 Å². The summed E-state index contributed by atoms with van der Waals surface area (Å²) in [4.78, 5) is 23.6. The molecule has 0 aliphatic rings. The molecule has 1 amide bonds. The molecule has 3 aromatic rings. The maximum absolute atomic E-state index is 12.0. The van der Waals surface area contributed by atoms with Gasteiger partial charge in [-0.3, -0.25) is 9.59 Å². The van der Waals surface area contributed by atoms with Crippen LogP contribution in [-0.2, 0) is 7.05 Å². The molecule has 2 aromatic carbocycles. The van der Waals surface area contributed by atoms with Crippen molar-refractivity contribution in [2.24, 2.45) is 7.05 Å². The standard InChI is InChI=1S/C15H12N2O2S/c1-17-12-8-7-11(9-13(12)20-15(17)19)16-14(18)10-5-3-2-4-6-10/h2-9H,1H3,(H,16,18). The molecule has 5 heteroatoms. The second-order valence-corrected chi connectivity index (χ2v) is 5.42. The highest BCUT2D eigenvalue weighted by Gasteiger charge is 2.08. The van der Waals surface area contributed by atoms with E-state index in [0.29, 0.717) is 11.3 Å². The van der Waals surface area contributed by atoms with Crippen molar-refractivity contribution >= 4 is 33.1 Å². The van der Waals surface area contributed by atoms with E-state index < -0.39 is 0 Å². The topological polar surface area (TPSA) is 51.1 Å². The molecule has 0 saturated carbocycles. The van der Waals surface area contributed by atoms with Crippen LogP contribution in [0.5, 0.6) is 0 Å². The Bertz CT molecular complexity index is 834. The number of anilines is 1. The molecule has 1 heterocycles. The molecule has 1 aromatic heterocycles. The molecule has 0 aliphatic carbocycles. The van der Waals surface area contributed by atoms with Gasteiger partial charge in [-0.15, -0.1) is 0 Å². The Morgan fingerprint density at radius 2 is 1.90 bits per heavy atom. The molecule has 20 heavy (non-hydrogen) atoms. The molecular weight excluding hydrogens is 272 g/mol. The van der Waals surface area contributed by atoms with Crippen LogP contribution in [0.15, 0.2) is 53.3 Å². The fourth-order valence-corrected chi connectivity index (χ4v) is 2.92. The number of fused-ring (bicyclic) bond motifs is 1. The molecule has 100 valence electrons. The minimum absolute atomic E-state index is 0.00784. The second-order valence-electron chi connectivity index (χ2n) is 4.43. The number of nitrogens with zero attached hydrogens (tertiary/aromatic N) is 1. The van der Waals surface area contributed by atoms with Crippen molar-refractivity contribution in [1.29, 1.82) is 0 Å². The minimum Gasteiger partial charge on any atom is -0.322 e. The quantitative estimate of drug-likeness (QED) is 0.786. The molecule has 0 spiro atoms. The molecule has 0 fully saturated rings. The molecule has 0 atom stereocenters. The summed E-state index contributed by atoms with van der Waals surface area (Å²) < 4.78 is 2.46. The predicted molar refractivity (Wildman–Crippen MR) is 81.5 cm³/mol. The van der Waals surface area contributed by atoms with Crippen molar-refractivity contribution in [1.82, 2.24) is 4.57 Å². The number of carbonyl (C=O) groups excluding carboxylic acids is 1. The summed E-state index contributed by atoms with van der Waals surface area (Å²) in [5, 5.41) is 2.84. The van der Waals surface area contributed by atoms with Crippen LogP contribution < -0.4 is 10.2 Å². The number of benzene rings is 2. The third-order valence-electron chi connectivity index (χ3n) is 3.09. The summed E-state index contributed by atoms with van der Waals surface area (Å²) in [6.45, 7) is 0. The number of aromatic nitrogens is 1. The average molecular weight is 284 g/mol. The smallest absolute Gasteiger partial charge is 0.307 e. The highest BCUT2D eigenvalue weighted by Crippen LogP contribution is 2.21. The minimum atomic E-state index is -0.159. The molecule has 0 unspecified atom stereocenters. The zero-order chi connectivity index (χ0) is 14.1. The van der Waals surface area contributed by atoms with Gasteiger partial charge in [-0.25, -0.2) is 0 Å². The first-order valence-electron chi connectivity index (χ1n) is 6.11. The van der Waals surface area contributed by atoms with Gasteiger partial charge in [0, 0.05) is 18.3 Å². The molecule has 1 N–H and O–H groups in total. The van der Waals surface area contributed by atoms with E-state index in [9.17, 15) is 9.59 Å². The van der Waals surface area contributed by atoms with Crippen LogP contribution in [0.4, 0.5) is 5.69 Å². The Morgan fingerprint density at radius 1 is 1.15 bits per heavy atom. The number of aryl methyl sites for hydroxylation is 1. The lowest BCUT2D eigenvalue weighted by Crippen LogP contribution is -2.11. The largest absolute Gasteiger partial charge is 0.322 e. The van der Waals surface area contributed by atoms with Crippen LogP contribution >= 0.6 is 11.3 Å². The average Bonchev–Trinajstić information content (AvgIpc) is 2.74. The van der Waals surface area contributed by atoms with Gasteiger partial charge in [-0.05, 0) is 30.3 Å². The van der Waals surface area contributed by atoms with Crippen molar-refractivity contribution in [3.05, 3.63) is 63.8 Å². The van der Waals surface area contributed by atoms with Crippen LogP contribution in [0.3, 0.4) is 0 Å². The first kappa shape index (κ1) is 12.6. The fraction of sp³-hybridized carbons (Fsp3) is 0.0667. The Labute approximate surface area is 119 Å². The van der Waals surface area contributed by atoms with Gasteiger partial charge >= 0.3 is 4.87 Å². The van der Waals surface area contributed by atoms with Crippen molar-refractivity contribution in [2.45, 2.75) is 0 Å². The summed E-state index contributed by atoms with van der Waals surface area (Å²) in [5.41, 5.74) is 2.17. The molecule has 4 nitrogen and oxygen atoms in total. The Kier molecular flexibility index (Phi) is 3.12. The van der Waals surface area contributed by atoms with E-state index in [1.807, 2.05) is 30.3 Å². The SMILES string of the molecule is Cn1c(=O)sc2cc(NC(=O)c3ccccc3)ccc21. The first-order valence-corrected chi connectivity index (χ1v) is 6.93. The summed E-state index contributed by atoms with van der Waals surface area (Å²) >= 11 is 1.17. The Balaban J connectivity index is 1.92. The first-order chi connectivity index (χ1) is 9.65. The second kappa shape index (κ2) is 4.94. The normalized spacial score (nSPS) is 10.7. The number of thiazole rings is 1. The van der Waals surface area contributed by atoms with Crippen LogP contribution in [-0.4, -0.2) is 10.5 Å². The van der Waals surface area contributed by atoms with Crippen LogP contribution in [0.1, 0.15) is 10.4 Å². The van der Waals surface area contributed by atoms with Gasteiger partial charge in [-0.1, -0.05) is 29.5 Å². The summed E-state index contributed by atoms with van der Waals surface area (Å²) in [6, 6.07) is 14.5. The molecule has 0 aliphatic heterocycles. The van der Waals surface area contributed by atoms with Crippen molar-refractivity contribution < 1.29 is 4.79 Å². The lowest BCUT2D eigenvalue weighted by atomic mass is 10.2. The van der Waals surface area contributed by atoms with E-state index in [4.69, 9.17) is 0 Å². The number of carbonyl (C=O) groups is 1. The predicted octanol–water partition coefficient (Wildman–Crippen LogP) is 2.85. The lowest BCUT2D eigenvalue weighted by Gasteiger charge is -2.05. The van der Waals surface area contributed by atoms with Gasteiger partial charge in [0.25, 0.3) is 5.91 Å². The van der Waals surface area contributed by atoms with Crippen molar-refractivity contribution in [3.63, 3.8) is 0 Å². The van der Waals surface area contributed by atoms with Gasteiger partial charge < -0.3 is 9.88 Å². The van der Waals surface area contributed by atoms with E-state index in [0.717, 1.165) is 10.2 Å². The zero-order valence-corrected chi connectivity index (χ0v) is 11.6. The maximum atomic E-state index is 12.0. The number of amides is 1. The summed E-state index contributed by atoms with van der Waals surface area (Å²) in [5.74, 6) is -0.159. The monoisotopic (exact) mass is 284 g/mol. The highest BCUT2D eigenvalue weighted by molar-refractivity contribution is 7.16. The molecule has 3 rings (SSSR count). The molecule has 0 bridgehead atoms.